The summed E-state index contributed by atoms with van der Waals surface area (Å²) in [6.07, 6.45) is 3.65. The van der Waals surface area contributed by atoms with Gasteiger partial charge in [0.25, 0.3) is 0 Å². The van der Waals surface area contributed by atoms with E-state index in [0.717, 1.165) is 50.0 Å². The van der Waals surface area contributed by atoms with Crippen LogP contribution in [-0.4, -0.2) is 9.97 Å². The number of nitrogens with two attached hydrogens (primary N) is 1. The lowest BCUT2D eigenvalue weighted by molar-refractivity contribution is 1.34. The summed E-state index contributed by atoms with van der Waals surface area (Å²) in [5.41, 5.74) is 10.9. The molecule has 3 aromatic carbocycles. The van der Waals surface area contributed by atoms with Crippen molar-refractivity contribution in [1.82, 2.24) is 9.97 Å². The van der Waals surface area contributed by atoms with Gasteiger partial charge in [-0.2, -0.15) is 0 Å². The molecule has 2 heterocycles. The second kappa shape index (κ2) is 8.62. The molecular weight excluding hydrogens is 368 g/mol. The van der Waals surface area contributed by atoms with Crippen LogP contribution >= 0.6 is 0 Å². The Labute approximate surface area is 176 Å². The molecule has 2 aromatic heterocycles. The number of anilines is 3. The molecule has 0 unspecified atom stereocenters. The molecule has 148 valence electrons. The van der Waals surface area contributed by atoms with E-state index in [1.165, 1.54) is 0 Å². The minimum Gasteiger partial charge on any atom is -0.399 e. The van der Waals surface area contributed by atoms with Crippen LogP contribution in [0.25, 0.3) is 32.8 Å². The molecule has 4 heteroatoms. The first-order valence-corrected chi connectivity index (χ1v) is 10.1. The highest BCUT2D eigenvalue weighted by molar-refractivity contribution is 6.02. The Morgan fingerprint density at radius 2 is 1.57 bits per heavy atom. The van der Waals surface area contributed by atoms with E-state index in [9.17, 15) is 0 Å². The van der Waals surface area contributed by atoms with Crippen molar-refractivity contribution in [2.24, 2.45) is 0 Å². The zero-order chi connectivity index (χ0) is 20.9. The molecule has 0 atom stereocenters. The van der Waals surface area contributed by atoms with Crippen LogP contribution in [0.1, 0.15) is 13.8 Å². The maximum Gasteiger partial charge on any atom is 0.138 e. The van der Waals surface area contributed by atoms with Crippen LogP contribution in [0.5, 0.6) is 0 Å². The van der Waals surface area contributed by atoms with Crippen molar-refractivity contribution >= 4 is 38.9 Å². The highest BCUT2D eigenvalue weighted by Gasteiger charge is 2.08. The molecule has 0 radical (unpaired) electrons. The minimum absolute atomic E-state index is 0.763. The summed E-state index contributed by atoms with van der Waals surface area (Å²) in [6.45, 7) is 4.00. The molecule has 0 saturated carbocycles. The van der Waals surface area contributed by atoms with Crippen LogP contribution in [0.4, 0.5) is 17.2 Å². The highest BCUT2D eigenvalue weighted by Crippen LogP contribution is 2.33. The van der Waals surface area contributed by atoms with Gasteiger partial charge in [0, 0.05) is 34.5 Å². The largest absolute Gasteiger partial charge is 0.399 e. The van der Waals surface area contributed by atoms with Gasteiger partial charge in [-0.25, -0.2) is 4.98 Å². The van der Waals surface area contributed by atoms with Gasteiger partial charge in [0.05, 0.1) is 5.52 Å². The fraction of sp³-hybridized carbons (Fsp3) is 0.0769. The molecule has 3 N–H and O–H groups in total. The maximum atomic E-state index is 5.84. The lowest BCUT2D eigenvalue weighted by Gasteiger charge is -2.12. The number of pyridine rings is 2. The zero-order valence-electron chi connectivity index (χ0n) is 17.1. The Morgan fingerprint density at radius 1 is 0.733 bits per heavy atom. The Bertz CT molecular complexity index is 1290. The quantitative estimate of drug-likeness (QED) is 0.331. The first-order chi connectivity index (χ1) is 14.8. The summed E-state index contributed by atoms with van der Waals surface area (Å²) >= 11 is 0. The molecule has 5 rings (SSSR count). The van der Waals surface area contributed by atoms with Gasteiger partial charge in [-0.05, 0) is 59.0 Å². The molecule has 4 nitrogen and oxygen atoms in total. The normalized spacial score (nSPS) is 10.5. The first kappa shape index (κ1) is 19.4. The summed E-state index contributed by atoms with van der Waals surface area (Å²) in [5, 5.41) is 6.78. The van der Waals surface area contributed by atoms with E-state index in [1.54, 1.807) is 6.20 Å². The van der Waals surface area contributed by atoms with Gasteiger partial charge in [0.15, 0.2) is 0 Å². The van der Waals surface area contributed by atoms with Crippen molar-refractivity contribution in [3.8, 4) is 11.1 Å². The van der Waals surface area contributed by atoms with Crippen LogP contribution in [0.15, 0.2) is 91.3 Å². The Morgan fingerprint density at radius 3 is 2.40 bits per heavy atom. The average molecular weight is 393 g/mol. The molecule has 30 heavy (non-hydrogen) atoms. The molecule has 5 aromatic rings. The smallest absolute Gasteiger partial charge is 0.138 e. The van der Waals surface area contributed by atoms with Crippen molar-refractivity contribution in [3.63, 3.8) is 0 Å². The van der Waals surface area contributed by atoms with E-state index in [4.69, 9.17) is 5.73 Å². The third-order valence-corrected chi connectivity index (χ3v) is 4.89. The van der Waals surface area contributed by atoms with Crippen molar-refractivity contribution in [1.29, 1.82) is 0 Å². The molecule has 0 aliphatic carbocycles. The number of hydrogen-bond acceptors (Lipinski definition) is 4. The molecular formula is C26H24N4. The van der Waals surface area contributed by atoms with Gasteiger partial charge in [-0.3, -0.25) is 4.98 Å². The Kier molecular flexibility index (Phi) is 5.57. The molecule has 0 fully saturated rings. The predicted molar refractivity (Wildman–Crippen MR) is 128 cm³/mol. The van der Waals surface area contributed by atoms with E-state index in [-0.39, 0.29) is 0 Å². The number of rotatable bonds is 3. The average Bonchev–Trinajstić information content (AvgIpc) is 2.81. The van der Waals surface area contributed by atoms with Crippen LogP contribution in [-0.2, 0) is 0 Å². The van der Waals surface area contributed by atoms with Crippen LogP contribution in [0.2, 0.25) is 0 Å². The lowest BCUT2D eigenvalue weighted by Crippen LogP contribution is -1.95. The number of nitrogens with one attached hydrogen (secondary N) is 1. The van der Waals surface area contributed by atoms with Crippen LogP contribution < -0.4 is 11.1 Å². The van der Waals surface area contributed by atoms with E-state index < -0.39 is 0 Å². The lowest BCUT2D eigenvalue weighted by atomic mass is 9.99. The molecule has 0 spiro atoms. The van der Waals surface area contributed by atoms with Crippen molar-refractivity contribution < 1.29 is 0 Å². The van der Waals surface area contributed by atoms with E-state index >= 15 is 0 Å². The SMILES string of the molecule is CC.Nc1ccc(-c2cccc3c(Nc4ccc5ncccc5c4)nccc23)cc1. The second-order valence-electron chi connectivity index (χ2n) is 6.72. The maximum absolute atomic E-state index is 5.84. The monoisotopic (exact) mass is 392 g/mol. The molecule has 0 bridgehead atoms. The molecule has 0 aliphatic rings. The fourth-order valence-electron chi connectivity index (χ4n) is 3.51. The third kappa shape index (κ3) is 3.80. The van der Waals surface area contributed by atoms with Gasteiger partial charge >= 0.3 is 0 Å². The summed E-state index contributed by atoms with van der Waals surface area (Å²) in [7, 11) is 0. The summed E-state index contributed by atoms with van der Waals surface area (Å²) in [4.78, 5) is 8.96. The van der Waals surface area contributed by atoms with Crippen molar-refractivity contribution in [3.05, 3.63) is 91.3 Å². The molecule has 0 amide bonds. The van der Waals surface area contributed by atoms with Crippen molar-refractivity contribution in [2.75, 3.05) is 11.1 Å². The van der Waals surface area contributed by atoms with Gasteiger partial charge in [-0.15, -0.1) is 0 Å². The second-order valence-corrected chi connectivity index (χ2v) is 6.72. The predicted octanol–water partition coefficient (Wildman–Crippen LogP) is 6.80. The Balaban J connectivity index is 0.00000106. The highest BCUT2D eigenvalue weighted by atomic mass is 15.0. The zero-order valence-corrected chi connectivity index (χ0v) is 17.1. The number of benzene rings is 3. The van der Waals surface area contributed by atoms with Gasteiger partial charge in [0.1, 0.15) is 5.82 Å². The number of nitrogen functional groups attached to an aromatic ring is 1. The minimum atomic E-state index is 0.763. The Hall–Kier alpha value is -3.92. The van der Waals surface area contributed by atoms with E-state index in [0.29, 0.717) is 0 Å². The summed E-state index contributed by atoms with van der Waals surface area (Å²) in [5.74, 6) is 0.832. The first-order valence-electron chi connectivity index (χ1n) is 10.1. The molecule has 0 aliphatic heterocycles. The number of nitrogens with zero attached hydrogens (tertiary/aromatic N) is 2. The topological polar surface area (TPSA) is 63.8 Å². The van der Waals surface area contributed by atoms with E-state index in [1.807, 2.05) is 62.5 Å². The van der Waals surface area contributed by atoms with Crippen LogP contribution in [0.3, 0.4) is 0 Å². The fourth-order valence-corrected chi connectivity index (χ4v) is 3.51. The number of hydrogen-bond donors (Lipinski definition) is 2. The molecule has 0 saturated heterocycles. The summed E-state index contributed by atoms with van der Waals surface area (Å²) < 4.78 is 0. The van der Waals surface area contributed by atoms with Gasteiger partial charge < -0.3 is 11.1 Å². The van der Waals surface area contributed by atoms with Crippen molar-refractivity contribution in [2.45, 2.75) is 13.8 Å². The third-order valence-electron chi connectivity index (χ3n) is 4.89. The summed E-state index contributed by atoms with van der Waals surface area (Å²) in [6, 6.07) is 26.4. The van der Waals surface area contributed by atoms with E-state index in [2.05, 4.69) is 51.7 Å². The van der Waals surface area contributed by atoms with Crippen LogP contribution in [0, 0.1) is 0 Å². The van der Waals surface area contributed by atoms with Gasteiger partial charge in [-0.1, -0.05) is 50.2 Å². The number of aromatic nitrogens is 2. The number of fused-ring (bicyclic) bond motifs is 2. The van der Waals surface area contributed by atoms with Gasteiger partial charge in [0.2, 0.25) is 0 Å². The standard InChI is InChI=1S/C24H18N4.C2H6/c25-18-8-6-16(7-9-18)20-4-1-5-22-21(20)12-14-27-24(22)28-19-10-11-23-17(15-19)3-2-13-26-23;1-2/h1-15H,25H2,(H,27,28);1-2H3.